The minimum Gasteiger partial charge on any atom is -0.399 e. The molecule has 1 aromatic carbocycles. The average Bonchev–Trinajstić information content (AvgIpc) is 1.85. The maximum absolute atomic E-state index is 5.65. The fourth-order valence-electron chi connectivity index (χ4n) is 1.21. The van der Waals surface area contributed by atoms with Gasteiger partial charge in [-0.1, -0.05) is 6.07 Å². The Labute approximate surface area is 67.2 Å². The monoisotopic (exact) mass is 150 g/mol. The van der Waals surface area contributed by atoms with E-state index in [0.717, 1.165) is 12.1 Å². The van der Waals surface area contributed by atoms with E-state index < -0.39 is 0 Å². The van der Waals surface area contributed by atoms with Gasteiger partial charge < -0.3 is 11.5 Å². The predicted octanol–water partition coefficient (Wildman–Crippen LogP) is 1.08. The number of rotatable bonds is 2. The molecule has 1 aromatic rings. The molecule has 0 spiro atoms. The first-order chi connectivity index (χ1) is 5.22. The maximum Gasteiger partial charge on any atom is 0.0319 e. The number of aryl methyl sites for hydroxylation is 1. The summed E-state index contributed by atoms with van der Waals surface area (Å²) in [4.78, 5) is 0. The van der Waals surface area contributed by atoms with Gasteiger partial charge in [-0.25, -0.2) is 0 Å². The van der Waals surface area contributed by atoms with Crippen molar-refractivity contribution in [1.82, 2.24) is 0 Å². The molecule has 0 aromatic heterocycles. The highest BCUT2D eigenvalue weighted by Crippen LogP contribution is 2.10. The lowest BCUT2D eigenvalue weighted by molar-refractivity contribution is 0.967. The molecule has 0 radical (unpaired) electrons. The Morgan fingerprint density at radius 2 is 2.00 bits per heavy atom. The Bertz CT molecular complexity index is 223. The van der Waals surface area contributed by atoms with Gasteiger partial charge in [0.2, 0.25) is 0 Å². The Balaban J connectivity index is 2.89. The lowest BCUT2D eigenvalue weighted by atomic mass is 10.1. The van der Waals surface area contributed by atoms with E-state index in [9.17, 15) is 0 Å². The third-order valence-electron chi connectivity index (χ3n) is 1.59. The van der Waals surface area contributed by atoms with E-state index in [-0.39, 0.29) is 0 Å². The zero-order chi connectivity index (χ0) is 8.27. The van der Waals surface area contributed by atoms with Crippen LogP contribution in [-0.2, 0) is 6.42 Å². The van der Waals surface area contributed by atoms with Crippen LogP contribution in [0.15, 0.2) is 18.2 Å². The molecule has 0 fully saturated rings. The third kappa shape index (κ3) is 2.24. The molecule has 0 unspecified atom stereocenters. The van der Waals surface area contributed by atoms with Gasteiger partial charge in [0.15, 0.2) is 0 Å². The molecule has 11 heavy (non-hydrogen) atoms. The van der Waals surface area contributed by atoms with Gasteiger partial charge in [0.25, 0.3) is 0 Å². The van der Waals surface area contributed by atoms with Crippen molar-refractivity contribution in [3.05, 3.63) is 29.3 Å². The molecule has 0 saturated heterocycles. The van der Waals surface area contributed by atoms with Crippen molar-refractivity contribution in [3.8, 4) is 0 Å². The van der Waals surface area contributed by atoms with Gasteiger partial charge in [-0.3, -0.25) is 0 Å². The van der Waals surface area contributed by atoms with E-state index >= 15 is 0 Å². The molecular weight excluding hydrogens is 136 g/mol. The van der Waals surface area contributed by atoms with E-state index in [1.807, 2.05) is 19.1 Å². The number of hydrogen-bond acceptors (Lipinski definition) is 2. The smallest absolute Gasteiger partial charge is 0.0319 e. The standard InChI is InChI=1S/C9H14N2/c1-7-4-8(2-3-10)6-9(11)5-7/h4-6H,2-3,10-11H2,1H3. The van der Waals surface area contributed by atoms with Crippen LogP contribution in [0.1, 0.15) is 11.1 Å². The first-order valence-electron chi connectivity index (χ1n) is 3.78. The molecule has 0 heterocycles. The lowest BCUT2D eigenvalue weighted by Gasteiger charge is -2.02. The SMILES string of the molecule is Cc1cc(N)cc(CCN)c1. The zero-order valence-electron chi connectivity index (χ0n) is 6.80. The van der Waals surface area contributed by atoms with Gasteiger partial charge in [-0.15, -0.1) is 0 Å². The minimum atomic E-state index is 0.683. The van der Waals surface area contributed by atoms with E-state index in [0.29, 0.717) is 6.54 Å². The Kier molecular flexibility index (Phi) is 2.49. The summed E-state index contributed by atoms with van der Waals surface area (Å²) in [6, 6.07) is 6.04. The van der Waals surface area contributed by atoms with Gasteiger partial charge in [-0.2, -0.15) is 0 Å². The number of nitrogen functional groups attached to an aromatic ring is 1. The molecule has 2 nitrogen and oxygen atoms in total. The van der Waals surface area contributed by atoms with Crippen LogP contribution < -0.4 is 11.5 Å². The molecule has 0 bridgehead atoms. The van der Waals surface area contributed by atoms with Gasteiger partial charge in [0, 0.05) is 5.69 Å². The summed E-state index contributed by atoms with van der Waals surface area (Å²) in [6.45, 7) is 2.72. The molecule has 2 heteroatoms. The first-order valence-corrected chi connectivity index (χ1v) is 3.78. The molecule has 1 rings (SSSR count). The highest BCUT2D eigenvalue weighted by molar-refractivity contribution is 5.44. The Hall–Kier alpha value is -1.02. The summed E-state index contributed by atoms with van der Waals surface area (Å²) in [6.07, 6.45) is 0.909. The molecule has 0 atom stereocenters. The quantitative estimate of drug-likeness (QED) is 0.620. The molecule has 0 aliphatic rings. The predicted molar refractivity (Wildman–Crippen MR) is 48.3 cm³/mol. The maximum atomic E-state index is 5.65. The van der Waals surface area contributed by atoms with Crippen LogP contribution >= 0.6 is 0 Å². The Morgan fingerprint density at radius 3 is 2.55 bits per heavy atom. The van der Waals surface area contributed by atoms with Crippen molar-refractivity contribution in [3.63, 3.8) is 0 Å². The number of hydrogen-bond donors (Lipinski definition) is 2. The topological polar surface area (TPSA) is 52.0 Å². The van der Waals surface area contributed by atoms with Crippen molar-refractivity contribution in [2.75, 3.05) is 12.3 Å². The van der Waals surface area contributed by atoms with E-state index in [4.69, 9.17) is 11.5 Å². The summed E-state index contributed by atoms with van der Waals surface area (Å²) >= 11 is 0. The summed E-state index contributed by atoms with van der Waals surface area (Å²) in [7, 11) is 0. The second-order valence-corrected chi connectivity index (χ2v) is 2.79. The molecule has 0 saturated carbocycles. The Morgan fingerprint density at radius 1 is 1.27 bits per heavy atom. The van der Waals surface area contributed by atoms with E-state index in [2.05, 4.69) is 6.07 Å². The van der Waals surface area contributed by atoms with Crippen LogP contribution in [0.4, 0.5) is 5.69 Å². The van der Waals surface area contributed by atoms with Gasteiger partial charge in [0.1, 0.15) is 0 Å². The molecule has 4 N–H and O–H groups in total. The summed E-state index contributed by atoms with van der Waals surface area (Å²) < 4.78 is 0. The molecule has 0 amide bonds. The largest absolute Gasteiger partial charge is 0.399 e. The molecule has 0 aliphatic carbocycles. The number of anilines is 1. The zero-order valence-corrected chi connectivity index (χ0v) is 6.80. The van der Waals surface area contributed by atoms with Crippen molar-refractivity contribution < 1.29 is 0 Å². The summed E-state index contributed by atoms with van der Waals surface area (Å²) in [5.41, 5.74) is 14.3. The molecular formula is C9H14N2. The van der Waals surface area contributed by atoms with Crippen molar-refractivity contribution >= 4 is 5.69 Å². The normalized spacial score (nSPS) is 10.0. The lowest BCUT2D eigenvalue weighted by Crippen LogP contribution is -2.03. The summed E-state index contributed by atoms with van der Waals surface area (Å²) in [5.74, 6) is 0. The number of nitrogens with two attached hydrogens (primary N) is 2. The van der Waals surface area contributed by atoms with Crippen LogP contribution in [0.25, 0.3) is 0 Å². The van der Waals surface area contributed by atoms with Crippen LogP contribution in [0.2, 0.25) is 0 Å². The molecule has 0 aliphatic heterocycles. The fourth-order valence-corrected chi connectivity index (χ4v) is 1.21. The van der Waals surface area contributed by atoms with Crippen molar-refractivity contribution in [2.45, 2.75) is 13.3 Å². The van der Waals surface area contributed by atoms with Gasteiger partial charge in [0.05, 0.1) is 0 Å². The van der Waals surface area contributed by atoms with Crippen LogP contribution in [-0.4, -0.2) is 6.54 Å². The second-order valence-electron chi connectivity index (χ2n) is 2.79. The van der Waals surface area contributed by atoms with Gasteiger partial charge >= 0.3 is 0 Å². The van der Waals surface area contributed by atoms with Crippen LogP contribution in [0.5, 0.6) is 0 Å². The molecule has 60 valence electrons. The van der Waals surface area contributed by atoms with E-state index in [1.165, 1.54) is 11.1 Å². The average molecular weight is 150 g/mol. The fraction of sp³-hybridized carbons (Fsp3) is 0.333. The first kappa shape index (κ1) is 8.08. The second kappa shape index (κ2) is 3.39. The van der Waals surface area contributed by atoms with E-state index in [1.54, 1.807) is 0 Å². The van der Waals surface area contributed by atoms with Gasteiger partial charge in [-0.05, 0) is 43.1 Å². The van der Waals surface area contributed by atoms with Crippen molar-refractivity contribution in [1.29, 1.82) is 0 Å². The van der Waals surface area contributed by atoms with Crippen molar-refractivity contribution in [2.24, 2.45) is 5.73 Å². The van der Waals surface area contributed by atoms with Crippen LogP contribution in [0.3, 0.4) is 0 Å². The number of benzene rings is 1. The third-order valence-corrected chi connectivity index (χ3v) is 1.59. The highest BCUT2D eigenvalue weighted by Gasteiger charge is 1.93. The minimum absolute atomic E-state index is 0.683. The van der Waals surface area contributed by atoms with Crippen LogP contribution in [0, 0.1) is 6.92 Å². The highest BCUT2D eigenvalue weighted by atomic mass is 14.5. The summed E-state index contributed by atoms with van der Waals surface area (Å²) in [5, 5.41) is 0.